The number of nitrogens with one attached hydrogen (secondary N) is 1. The Morgan fingerprint density at radius 3 is 2.60 bits per heavy atom. The first-order valence-corrected chi connectivity index (χ1v) is 5.54. The van der Waals surface area contributed by atoms with Crippen molar-refractivity contribution in [1.82, 2.24) is 5.32 Å². The summed E-state index contributed by atoms with van der Waals surface area (Å²) in [5.74, 6) is 0.0179. The fourth-order valence-electron chi connectivity index (χ4n) is 1.53. The third-order valence-electron chi connectivity index (χ3n) is 2.45. The van der Waals surface area contributed by atoms with Crippen molar-refractivity contribution in [1.29, 1.82) is 0 Å². The van der Waals surface area contributed by atoms with E-state index in [2.05, 4.69) is 25.2 Å². The molecule has 15 heavy (non-hydrogen) atoms. The number of rotatable bonds is 5. The van der Waals surface area contributed by atoms with Gasteiger partial charge < -0.3 is 5.32 Å². The van der Waals surface area contributed by atoms with E-state index >= 15 is 0 Å². The predicted octanol–water partition coefficient (Wildman–Crippen LogP) is 2.80. The molecule has 1 atom stereocenters. The average molecular weight is 204 g/mol. The van der Waals surface area contributed by atoms with Gasteiger partial charge in [-0.15, -0.1) is 0 Å². The van der Waals surface area contributed by atoms with Gasteiger partial charge in [0.2, 0.25) is 0 Å². The number of hydrogen-bond donors (Lipinski definition) is 1. The number of hydrogen-bond acceptors (Lipinski definition) is 1. The van der Waals surface area contributed by atoms with Gasteiger partial charge in [-0.1, -0.05) is 32.4 Å². The van der Waals surface area contributed by atoms with Crippen LogP contribution in [0.15, 0.2) is 24.3 Å². The Labute approximate surface area is 91.7 Å². The van der Waals surface area contributed by atoms with Crippen LogP contribution in [-0.4, -0.2) is 11.9 Å². The van der Waals surface area contributed by atoms with Crippen LogP contribution in [0.1, 0.15) is 43.5 Å². The molecule has 1 amide bonds. The number of carbonyl (C=O) groups excluding carboxylic acids is 1. The van der Waals surface area contributed by atoms with Crippen LogP contribution in [0.4, 0.5) is 0 Å². The zero-order valence-corrected chi connectivity index (χ0v) is 9.42. The SMILES string of the molecule is CCCC(CC)NC(=O)c1cc[c]cc1. The molecule has 0 saturated heterocycles. The van der Waals surface area contributed by atoms with Gasteiger partial charge in [0, 0.05) is 11.6 Å². The molecule has 0 bridgehead atoms. The van der Waals surface area contributed by atoms with Crippen molar-refractivity contribution in [2.24, 2.45) is 0 Å². The van der Waals surface area contributed by atoms with E-state index in [4.69, 9.17) is 0 Å². The van der Waals surface area contributed by atoms with Gasteiger partial charge in [-0.25, -0.2) is 0 Å². The molecule has 1 unspecified atom stereocenters. The first kappa shape index (κ1) is 11.8. The van der Waals surface area contributed by atoms with Gasteiger partial charge in [-0.2, -0.15) is 0 Å². The quantitative estimate of drug-likeness (QED) is 0.785. The Morgan fingerprint density at radius 1 is 1.40 bits per heavy atom. The molecule has 0 aliphatic rings. The molecule has 1 aromatic carbocycles. The number of carbonyl (C=O) groups is 1. The Morgan fingerprint density at radius 2 is 2.07 bits per heavy atom. The topological polar surface area (TPSA) is 29.1 Å². The Kier molecular flexibility index (Phi) is 4.88. The molecular weight excluding hydrogens is 186 g/mol. The minimum Gasteiger partial charge on any atom is -0.349 e. The summed E-state index contributed by atoms with van der Waals surface area (Å²) in [6, 6.07) is 10.3. The highest BCUT2D eigenvalue weighted by molar-refractivity contribution is 5.94. The molecule has 1 N–H and O–H groups in total. The second-order valence-corrected chi connectivity index (χ2v) is 3.66. The van der Waals surface area contributed by atoms with Crippen molar-refractivity contribution in [2.75, 3.05) is 0 Å². The second kappa shape index (κ2) is 6.23. The van der Waals surface area contributed by atoms with Crippen LogP contribution < -0.4 is 5.32 Å². The summed E-state index contributed by atoms with van der Waals surface area (Å²) in [7, 11) is 0. The molecule has 0 spiro atoms. The Hall–Kier alpha value is -1.31. The maximum Gasteiger partial charge on any atom is 0.251 e. The molecule has 0 fully saturated rings. The summed E-state index contributed by atoms with van der Waals surface area (Å²) in [5.41, 5.74) is 0.711. The maximum absolute atomic E-state index is 11.8. The lowest BCUT2D eigenvalue weighted by Crippen LogP contribution is -2.34. The van der Waals surface area contributed by atoms with E-state index < -0.39 is 0 Å². The first-order valence-electron chi connectivity index (χ1n) is 5.54. The third-order valence-corrected chi connectivity index (χ3v) is 2.45. The highest BCUT2D eigenvalue weighted by atomic mass is 16.1. The Bertz CT molecular complexity index is 295. The molecule has 1 radical (unpaired) electrons. The van der Waals surface area contributed by atoms with Crippen LogP contribution in [-0.2, 0) is 0 Å². The minimum absolute atomic E-state index is 0.0179. The van der Waals surface area contributed by atoms with Crippen molar-refractivity contribution in [3.63, 3.8) is 0 Å². The highest BCUT2D eigenvalue weighted by Crippen LogP contribution is 2.04. The molecule has 0 saturated carbocycles. The predicted molar refractivity (Wildman–Crippen MR) is 61.7 cm³/mol. The van der Waals surface area contributed by atoms with Gasteiger partial charge >= 0.3 is 0 Å². The second-order valence-electron chi connectivity index (χ2n) is 3.66. The van der Waals surface area contributed by atoms with Crippen LogP contribution in [0.25, 0.3) is 0 Å². The molecule has 1 aromatic rings. The van der Waals surface area contributed by atoms with Gasteiger partial charge in [0.25, 0.3) is 5.91 Å². The van der Waals surface area contributed by atoms with Crippen LogP contribution in [0.5, 0.6) is 0 Å². The van der Waals surface area contributed by atoms with E-state index in [-0.39, 0.29) is 5.91 Å². The number of benzene rings is 1. The molecule has 2 nitrogen and oxygen atoms in total. The van der Waals surface area contributed by atoms with Crippen LogP contribution >= 0.6 is 0 Å². The standard InChI is InChI=1S/C13H18NO/c1-3-8-12(4-2)14-13(15)11-9-6-5-7-10-11/h6-7,9-10,12H,3-4,8H2,1-2H3,(H,14,15). The van der Waals surface area contributed by atoms with E-state index in [0.29, 0.717) is 11.6 Å². The smallest absolute Gasteiger partial charge is 0.251 e. The van der Waals surface area contributed by atoms with E-state index in [1.54, 1.807) is 24.3 Å². The lowest BCUT2D eigenvalue weighted by atomic mass is 10.1. The summed E-state index contributed by atoms with van der Waals surface area (Å²) in [6.07, 6.45) is 3.13. The first-order chi connectivity index (χ1) is 7.27. The van der Waals surface area contributed by atoms with Gasteiger partial charge in [-0.05, 0) is 31.0 Å². The molecule has 81 valence electrons. The third kappa shape index (κ3) is 3.74. The minimum atomic E-state index is 0.0179. The van der Waals surface area contributed by atoms with Gasteiger partial charge in [-0.3, -0.25) is 4.79 Å². The van der Waals surface area contributed by atoms with Crippen LogP contribution in [0, 0.1) is 6.07 Å². The van der Waals surface area contributed by atoms with Gasteiger partial charge in [0.15, 0.2) is 0 Å². The highest BCUT2D eigenvalue weighted by Gasteiger charge is 2.10. The average Bonchev–Trinajstić information content (AvgIpc) is 2.29. The molecule has 2 heteroatoms. The molecule has 0 heterocycles. The van der Waals surface area contributed by atoms with E-state index in [9.17, 15) is 4.79 Å². The lowest BCUT2D eigenvalue weighted by molar-refractivity contribution is 0.0933. The van der Waals surface area contributed by atoms with Crippen molar-refractivity contribution < 1.29 is 4.79 Å². The molecule has 0 aromatic heterocycles. The van der Waals surface area contributed by atoms with E-state index in [0.717, 1.165) is 19.3 Å². The summed E-state index contributed by atoms with van der Waals surface area (Å²) in [4.78, 5) is 11.8. The van der Waals surface area contributed by atoms with Crippen molar-refractivity contribution >= 4 is 5.91 Å². The van der Waals surface area contributed by atoms with Crippen molar-refractivity contribution in [3.05, 3.63) is 35.9 Å². The van der Waals surface area contributed by atoms with Crippen LogP contribution in [0.3, 0.4) is 0 Å². The van der Waals surface area contributed by atoms with E-state index in [1.807, 2.05) is 0 Å². The van der Waals surface area contributed by atoms with Crippen molar-refractivity contribution in [2.45, 2.75) is 39.2 Å². The van der Waals surface area contributed by atoms with E-state index in [1.165, 1.54) is 0 Å². The maximum atomic E-state index is 11.8. The fourth-order valence-corrected chi connectivity index (χ4v) is 1.53. The summed E-state index contributed by atoms with van der Waals surface area (Å²) < 4.78 is 0. The normalized spacial score (nSPS) is 12.1. The zero-order chi connectivity index (χ0) is 11.1. The van der Waals surface area contributed by atoms with Gasteiger partial charge in [0.1, 0.15) is 0 Å². The van der Waals surface area contributed by atoms with Crippen LogP contribution in [0.2, 0.25) is 0 Å². The molecular formula is C13H18NO. The summed E-state index contributed by atoms with van der Waals surface area (Å²) in [6.45, 7) is 4.23. The molecule has 0 aliphatic heterocycles. The zero-order valence-electron chi connectivity index (χ0n) is 9.42. The molecule has 0 aliphatic carbocycles. The Balaban J connectivity index is 2.55. The lowest BCUT2D eigenvalue weighted by Gasteiger charge is -2.15. The largest absolute Gasteiger partial charge is 0.349 e. The number of amides is 1. The monoisotopic (exact) mass is 204 g/mol. The van der Waals surface area contributed by atoms with Gasteiger partial charge in [0.05, 0.1) is 0 Å². The summed E-state index contributed by atoms with van der Waals surface area (Å²) in [5, 5.41) is 3.03. The summed E-state index contributed by atoms with van der Waals surface area (Å²) >= 11 is 0. The molecule has 1 rings (SSSR count). The fraction of sp³-hybridized carbons (Fsp3) is 0.462. The van der Waals surface area contributed by atoms with Crippen molar-refractivity contribution in [3.8, 4) is 0 Å².